The highest BCUT2D eigenvalue weighted by Gasteiger charge is 2.42. The molecule has 0 saturated heterocycles. The third-order valence-electron chi connectivity index (χ3n) is 5.42. The molecule has 0 bridgehead atoms. The van der Waals surface area contributed by atoms with Gasteiger partial charge in [-0.25, -0.2) is 0 Å². The molecule has 5 heteroatoms. The molecule has 2 rings (SSSR count). The molecule has 1 aromatic rings. The van der Waals surface area contributed by atoms with Crippen LogP contribution < -0.4 is 10.6 Å². The summed E-state index contributed by atoms with van der Waals surface area (Å²) in [5.74, 6) is 1.00. The lowest BCUT2D eigenvalue weighted by atomic mass is 9.84. The highest BCUT2D eigenvalue weighted by atomic mass is 16.2. The van der Waals surface area contributed by atoms with E-state index in [1.807, 2.05) is 14.1 Å². The predicted molar refractivity (Wildman–Crippen MR) is 109 cm³/mol. The molecule has 1 aliphatic rings. The van der Waals surface area contributed by atoms with Crippen molar-refractivity contribution in [3.8, 4) is 0 Å². The maximum atomic E-state index is 12.7. The first-order chi connectivity index (χ1) is 12.4. The third kappa shape index (κ3) is 4.99. The van der Waals surface area contributed by atoms with Crippen LogP contribution in [-0.4, -0.2) is 51.0 Å². The summed E-state index contributed by atoms with van der Waals surface area (Å²) in [5, 5.41) is 6.77. The Kier molecular flexibility index (Phi) is 7.06. The average molecular weight is 359 g/mol. The predicted octanol–water partition coefficient (Wildman–Crippen LogP) is 2.66. The number of nitrogens with zero attached hydrogens (tertiary/aromatic N) is 2. The first kappa shape index (κ1) is 20.3. The molecular formula is C21H34N4O. The standard InChI is InChI=1S/C21H34N4O/c1-16-8-9-18(17(2)14-16)10-13-23-20(22-3)24-15-21(11-6-7-12-21)19(26)25(4)5/h8-9,14H,6-7,10-13,15H2,1-5H3,(H2,22,23,24). The number of aryl methyl sites for hydroxylation is 2. The molecule has 0 heterocycles. The minimum absolute atomic E-state index is 0.230. The highest BCUT2D eigenvalue weighted by Crippen LogP contribution is 2.38. The van der Waals surface area contributed by atoms with Crippen molar-refractivity contribution in [1.82, 2.24) is 15.5 Å². The van der Waals surface area contributed by atoms with Crippen molar-refractivity contribution < 1.29 is 4.79 Å². The number of hydrogen-bond donors (Lipinski definition) is 2. The Morgan fingerprint density at radius 2 is 1.88 bits per heavy atom. The fraction of sp³-hybridized carbons (Fsp3) is 0.619. The van der Waals surface area contributed by atoms with Gasteiger partial charge in [0.1, 0.15) is 0 Å². The molecule has 0 radical (unpaired) electrons. The summed E-state index contributed by atoms with van der Waals surface area (Å²) < 4.78 is 0. The summed E-state index contributed by atoms with van der Waals surface area (Å²) in [7, 11) is 5.47. The van der Waals surface area contributed by atoms with Gasteiger partial charge in [-0.2, -0.15) is 0 Å². The van der Waals surface area contributed by atoms with E-state index in [1.54, 1.807) is 11.9 Å². The lowest BCUT2D eigenvalue weighted by molar-refractivity contribution is -0.138. The van der Waals surface area contributed by atoms with Gasteiger partial charge in [0.15, 0.2) is 5.96 Å². The van der Waals surface area contributed by atoms with Gasteiger partial charge in [-0.05, 0) is 44.2 Å². The van der Waals surface area contributed by atoms with Crippen LogP contribution in [0.1, 0.15) is 42.4 Å². The largest absolute Gasteiger partial charge is 0.356 e. The number of amides is 1. The van der Waals surface area contributed by atoms with E-state index in [0.29, 0.717) is 6.54 Å². The number of guanidine groups is 1. The summed E-state index contributed by atoms with van der Waals surface area (Å²) in [5.41, 5.74) is 3.70. The van der Waals surface area contributed by atoms with E-state index in [1.165, 1.54) is 16.7 Å². The number of carbonyl (C=O) groups excluding carboxylic acids is 1. The van der Waals surface area contributed by atoms with E-state index >= 15 is 0 Å². The summed E-state index contributed by atoms with van der Waals surface area (Å²) >= 11 is 0. The minimum atomic E-state index is -0.283. The number of nitrogens with one attached hydrogen (secondary N) is 2. The van der Waals surface area contributed by atoms with Crippen LogP contribution in [0.5, 0.6) is 0 Å². The smallest absolute Gasteiger partial charge is 0.230 e. The van der Waals surface area contributed by atoms with Crippen molar-refractivity contribution >= 4 is 11.9 Å². The molecule has 1 aromatic carbocycles. The fourth-order valence-electron chi connectivity index (χ4n) is 3.91. The van der Waals surface area contributed by atoms with Gasteiger partial charge in [-0.1, -0.05) is 36.6 Å². The van der Waals surface area contributed by atoms with Crippen LogP contribution in [0, 0.1) is 19.3 Å². The van der Waals surface area contributed by atoms with E-state index < -0.39 is 0 Å². The molecule has 1 aliphatic carbocycles. The van der Waals surface area contributed by atoms with Gasteiger partial charge < -0.3 is 15.5 Å². The van der Waals surface area contributed by atoms with E-state index in [9.17, 15) is 4.79 Å². The monoisotopic (exact) mass is 358 g/mol. The van der Waals surface area contributed by atoms with Crippen molar-refractivity contribution in [2.24, 2.45) is 10.4 Å². The summed E-state index contributed by atoms with van der Waals surface area (Å²) in [6.45, 7) is 5.74. The van der Waals surface area contributed by atoms with Gasteiger partial charge >= 0.3 is 0 Å². The van der Waals surface area contributed by atoms with Crippen molar-refractivity contribution in [1.29, 1.82) is 0 Å². The molecule has 0 atom stereocenters. The molecule has 144 valence electrons. The van der Waals surface area contributed by atoms with Crippen LogP contribution in [-0.2, 0) is 11.2 Å². The van der Waals surface area contributed by atoms with Crippen LogP contribution >= 0.6 is 0 Å². The Balaban J connectivity index is 1.88. The number of aliphatic imine (C=N–C) groups is 1. The molecule has 2 N–H and O–H groups in total. The maximum Gasteiger partial charge on any atom is 0.230 e. The number of rotatable bonds is 6. The SMILES string of the molecule is CN=C(NCCc1ccc(C)cc1C)NCC1(C(=O)N(C)C)CCCC1. The lowest BCUT2D eigenvalue weighted by Crippen LogP contribution is -2.49. The van der Waals surface area contributed by atoms with E-state index in [-0.39, 0.29) is 11.3 Å². The Morgan fingerprint density at radius 1 is 1.19 bits per heavy atom. The summed E-state index contributed by atoms with van der Waals surface area (Å²) in [6, 6.07) is 6.58. The molecule has 0 aromatic heterocycles. The quantitative estimate of drug-likeness (QED) is 0.607. The summed E-state index contributed by atoms with van der Waals surface area (Å²) in [4.78, 5) is 18.7. The number of carbonyl (C=O) groups is 1. The van der Waals surface area contributed by atoms with Gasteiger partial charge in [-0.3, -0.25) is 9.79 Å². The van der Waals surface area contributed by atoms with Crippen molar-refractivity contribution in [3.63, 3.8) is 0 Å². The zero-order valence-electron chi connectivity index (χ0n) is 17.0. The molecular weight excluding hydrogens is 324 g/mol. The maximum absolute atomic E-state index is 12.7. The van der Waals surface area contributed by atoms with Crippen LogP contribution in [0.3, 0.4) is 0 Å². The first-order valence-corrected chi connectivity index (χ1v) is 9.60. The van der Waals surface area contributed by atoms with Gasteiger partial charge in [0, 0.05) is 34.2 Å². The fourth-order valence-corrected chi connectivity index (χ4v) is 3.91. The van der Waals surface area contributed by atoms with Gasteiger partial charge in [0.05, 0.1) is 5.41 Å². The molecule has 0 aliphatic heterocycles. The topological polar surface area (TPSA) is 56.7 Å². The first-order valence-electron chi connectivity index (χ1n) is 9.60. The molecule has 0 unspecified atom stereocenters. The Morgan fingerprint density at radius 3 is 2.46 bits per heavy atom. The van der Waals surface area contributed by atoms with Gasteiger partial charge in [0.25, 0.3) is 0 Å². The molecule has 1 amide bonds. The normalized spacial score (nSPS) is 16.4. The van der Waals surface area contributed by atoms with E-state index in [4.69, 9.17) is 0 Å². The molecule has 26 heavy (non-hydrogen) atoms. The number of hydrogen-bond acceptors (Lipinski definition) is 2. The zero-order chi connectivity index (χ0) is 19.2. The second kappa shape index (κ2) is 9.06. The van der Waals surface area contributed by atoms with Crippen molar-refractivity contribution in [3.05, 3.63) is 34.9 Å². The van der Waals surface area contributed by atoms with Crippen molar-refractivity contribution in [2.45, 2.75) is 46.0 Å². The van der Waals surface area contributed by atoms with E-state index in [0.717, 1.165) is 44.6 Å². The van der Waals surface area contributed by atoms with E-state index in [2.05, 4.69) is 47.7 Å². The Labute approximate surface area is 158 Å². The van der Waals surface area contributed by atoms with Crippen LogP contribution in [0.2, 0.25) is 0 Å². The van der Waals surface area contributed by atoms with Gasteiger partial charge in [-0.15, -0.1) is 0 Å². The molecule has 5 nitrogen and oxygen atoms in total. The van der Waals surface area contributed by atoms with Crippen LogP contribution in [0.15, 0.2) is 23.2 Å². The van der Waals surface area contributed by atoms with Crippen LogP contribution in [0.25, 0.3) is 0 Å². The van der Waals surface area contributed by atoms with Crippen molar-refractivity contribution in [2.75, 3.05) is 34.2 Å². The molecule has 1 fully saturated rings. The summed E-state index contributed by atoms with van der Waals surface area (Å²) in [6.07, 6.45) is 5.11. The minimum Gasteiger partial charge on any atom is -0.356 e. The Bertz CT molecular complexity index is 645. The van der Waals surface area contributed by atoms with Crippen LogP contribution in [0.4, 0.5) is 0 Å². The average Bonchev–Trinajstić information content (AvgIpc) is 3.08. The Hall–Kier alpha value is -2.04. The third-order valence-corrected chi connectivity index (χ3v) is 5.42. The second-order valence-corrected chi connectivity index (χ2v) is 7.72. The zero-order valence-corrected chi connectivity index (χ0v) is 17.0. The lowest BCUT2D eigenvalue weighted by Gasteiger charge is -2.31. The number of benzene rings is 1. The van der Waals surface area contributed by atoms with Gasteiger partial charge in [0.2, 0.25) is 5.91 Å². The molecule has 0 spiro atoms. The second-order valence-electron chi connectivity index (χ2n) is 7.72. The highest BCUT2D eigenvalue weighted by molar-refractivity contribution is 5.85. The molecule has 1 saturated carbocycles.